The lowest BCUT2D eigenvalue weighted by Gasteiger charge is -2.05. The lowest BCUT2D eigenvalue weighted by molar-refractivity contribution is 0.0894. The third-order valence-electron chi connectivity index (χ3n) is 5.10. The number of benzene rings is 2. The summed E-state index contributed by atoms with van der Waals surface area (Å²) in [7, 11) is 0. The predicted molar refractivity (Wildman–Crippen MR) is 113 cm³/mol. The summed E-state index contributed by atoms with van der Waals surface area (Å²) in [5.74, 6) is -0.218. The van der Waals surface area contributed by atoms with E-state index in [-0.39, 0.29) is 18.0 Å². The molecular weight excluding hydrogens is 332 g/mol. The molecule has 0 aliphatic heterocycles. The van der Waals surface area contributed by atoms with Crippen molar-refractivity contribution < 1.29 is 9.59 Å². The maximum Gasteiger partial charge on any atom is 0.170 e. The van der Waals surface area contributed by atoms with E-state index in [2.05, 4.69) is 13.8 Å². The Kier molecular flexibility index (Phi) is 8.97. The van der Waals surface area contributed by atoms with Crippen LogP contribution in [-0.4, -0.2) is 11.6 Å². The zero-order valence-corrected chi connectivity index (χ0v) is 16.8. The number of carbonyl (C=O) groups excluding carboxylic acids is 2. The van der Waals surface area contributed by atoms with Gasteiger partial charge in [0.15, 0.2) is 11.6 Å². The standard InChI is InChI=1S/C25H32O2/c1-3-5-6-7-8-9-10-21-13-17-23(18-14-21)25(27)19-24(26)22-15-11-20(4-2)12-16-22/h11-18H,3-10,19H2,1-2H3. The van der Waals surface area contributed by atoms with Gasteiger partial charge in [-0.25, -0.2) is 0 Å². The number of carbonyl (C=O) groups is 2. The molecule has 0 aliphatic rings. The maximum absolute atomic E-state index is 12.4. The minimum Gasteiger partial charge on any atom is -0.294 e. The fourth-order valence-corrected chi connectivity index (χ4v) is 3.24. The molecule has 2 aromatic rings. The molecule has 0 aliphatic carbocycles. The number of hydrogen-bond acceptors (Lipinski definition) is 2. The van der Waals surface area contributed by atoms with E-state index in [4.69, 9.17) is 0 Å². The average molecular weight is 365 g/mol. The van der Waals surface area contributed by atoms with Crippen molar-refractivity contribution in [2.75, 3.05) is 0 Å². The van der Waals surface area contributed by atoms with Gasteiger partial charge in [0.25, 0.3) is 0 Å². The van der Waals surface area contributed by atoms with Crippen LogP contribution in [-0.2, 0) is 12.8 Å². The first-order chi connectivity index (χ1) is 13.1. The molecule has 2 aromatic carbocycles. The molecule has 0 atom stereocenters. The fourth-order valence-electron chi connectivity index (χ4n) is 3.24. The Balaban J connectivity index is 1.81. The number of aryl methyl sites for hydroxylation is 2. The van der Waals surface area contributed by atoms with Gasteiger partial charge in [-0.2, -0.15) is 0 Å². The predicted octanol–water partition coefficient (Wildman–Crippen LogP) is 6.61. The topological polar surface area (TPSA) is 34.1 Å². The van der Waals surface area contributed by atoms with Crippen molar-refractivity contribution in [1.29, 1.82) is 0 Å². The van der Waals surface area contributed by atoms with Crippen molar-refractivity contribution in [3.8, 4) is 0 Å². The van der Waals surface area contributed by atoms with Gasteiger partial charge in [-0.05, 0) is 30.4 Å². The van der Waals surface area contributed by atoms with E-state index in [9.17, 15) is 9.59 Å². The van der Waals surface area contributed by atoms with Gasteiger partial charge < -0.3 is 0 Å². The molecule has 0 N–H and O–H groups in total. The van der Waals surface area contributed by atoms with Gasteiger partial charge in [0.2, 0.25) is 0 Å². The number of rotatable bonds is 12. The van der Waals surface area contributed by atoms with Crippen molar-refractivity contribution in [3.63, 3.8) is 0 Å². The molecule has 144 valence electrons. The number of ketones is 2. The van der Waals surface area contributed by atoms with E-state index < -0.39 is 0 Å². The van der Waals surface area contributed by atoms with E-state index >= 15 is 0 Å². The van der Waals surface area contributed by atoms with Crippen LogP contribution in [0.25, 0.3) is 0 Å². The maximum atomic E-state index is 12.4. The first-order valence-corrected chi connectivity index (χ1v) is 10.4. The minimum absolute atomic E-state index is 0.0672. The second-order valence-electron chi connectivity index (χ2n) is 7.29. The van der Waals surface area contributed by atoms with Gasteiger partial charge in [-0.15, -0.1) is 0 Å². The molecule has 2 heteroatoms. The second kappa shape index (κ2) is 11.5. The molecule has 0 bridgehead atoms. The lowest BCUT2D eigenvalue weighted by Crippen LogP contribution is -2.08. The molecule has 2 rings (SSSR count). The van der Waals surface area contributed by atoms with Crippen molar-refractivity contribution in [2.24, 2.45) is 0 Å². The highest BCUT2D eigenvalue weighted by Crippen LogP contribution is 2.14. The van der Waals surface area contributed by atoms with Crippen LogP contribution in [0.4, 0.5) is 0 Å². The Labute approximate surface area is 164 Å². The third kappa shape index (κ3) is 7.13. The van der Waals surface area contributed by atoms with Crippen molar-refractivity contribution >= 4 is 11.6 Å². The molecule has 0 saturated carbocycles. The van der Waals surface area contributed by atoms with Gasteiger partial charge in [0, 0.05) is 11.1 Å². The van der Waals surface area contributed by atoms with Crippen LogP contribution >= 0.6 is 0 Å². The summed E-state index contributed by atoms with van der Waals surface area (Å²) >= 11 is 0. The quantitative estimate of drug-likeness (QED) is 0.241. The van der Waals surface area contributed by atoms with E-state index in [0.717, 1.165) is 12.8 Å². The van der Waals surface area contributed by atoms with Gasteiger partial charge in [-0.3, -0.25) is 9.59 Å². The molecule has 27 heavy (non-hydrogen) atoms. The van der Waals surface area contributed by atoms with Crippen LogP contribution in [0, 0.1) is 0 Å². The Hall–Kier alpha value is -2.22. The van der Waals surface area contributed by atoms with E-state index in [1.165, 1.54) is 49.7 Å². The van der Waals surface area contributed by atoms with Crippen LogP contribution in [0.5, 0.6) is 0 Å². The van der Waals surface area contributed by atoms with Crippen molar-refractivity contribution in [2.45, 2.75) is 71.6 Å². The normalized spacial score (nSPS) is 10.7. The van der Waals surface area contributed by atoms with Crippen LogP contribution < -0.4 is 0 Å². The first-order valence-electron chi connectivity index (χ1n) is 10.4. The molecule has 0 saturated heterocycles. The molecule has 2 nitrogen and oxygen atoms in total. The molecule has 0 aromatic heterocycles. The summed E-state index contributed by atoms with van der Waals surface area (Å²) < 4.78 is 0. The van der Waals surface area contributed by atoms with Gasteiger partial charge >= 0.3 is 0 Å². The summed E-state index contributed by atoms with van der Waals surface area (Å²) in [5.41, 5.74) is 3.70. The Bertz CT molecular complexity index is 711. The molecule has 0 unspecified atom stereocenters. The third-order valence-corrected chi connectivity index (χ3v) is 5.10. The van der Waals surface area contributed by atoms with E-state index in [1.807, 2.05) is 48.5 Å². The monoisotopic (exact) mass is 364 g/mol. The lowest BCUT2D eigenvalue weighted by atomic mass is 9.98. The summed E-state index contributed by atoms with van der Waals surface area (Å²) in [6.07, 6.45) is 9.66. The molecular formula is C25H32O2. The number of unbranched alkanes of at least 4 members (excludes halogenated alkanes) is 5. The molecule has 0 fully saturated rings. The molecule has 0 amide bonds. The van der Waals surface area contributed by atoms with Crippen molar-refractivity contribution in [3.05, 3.63) is 70.8 Å². The Morgan fingerprint density at radius 2 is 1.11 bits per heavy atom. The Morgan fingerprint density at radius 3 is 1.63 bits per heavy atom. The Morgan fingerprint density at radius 1 is 0.630 bits per heavy atom. The summed E-state index contributed by atoms with van der Waals surface area (Å²) in [5, 5.41) is 0. The second-order valence-corrected chi connectivity index (χ2v) is 7.29. The van der Waals surface area contributed by atoms with Gasteiger partial charge in [-0.1, -0.05) is 94.5 Å². The zero-order chi connectivity index (χ0) is 19.5. The SMILES string of the molecule is CCCCCCCCc1ccc(C(=O)CC(=O)c2ccc(CC)cc2)cc1. The summed E-state index contributed by atoms with van der Waals surface area (Å²) in [6.45, 7) is 4.31. The highest BCUT2D eigenvalue weighted by molar-refractivity contribution is 6.13. The van der Waals surface area contributed by atoms with Crippen LogP contribution in [0.2, 0.25) is 0 Å². The van der Waals surface area contributed by atoms with Crippen LogP contribution in [0.15, 0.2) is 48.5 Å². The summed E-state index contributed by atoms with van der Waals surface area (Å²) in [6, 6.07) is 15.3. The van der Waals surface area contributed by atoms with Gasteiger partial charge in [0.1, 0.15) is 0 Å². The molecule has 0 heterocycles. The van der Waals surface area contributed by atoms with E-state index in [0.29, 0.717) is 11.1 Å². The van der Waals surface area contributed by atoms with Crippen LogP contribution in [0.1, 0.15) is 90.6 Å². The molecule has 0 spiro atoms. The highest BCUT2D eigenvalue weighted by atomic mass is 16.1. The van der Waals surface area contributed by atoms with Crippen molar-refractivity contribution in [1.82, 2.24) is 0 Å². The van der Waals surface area contributed by atoms with Gasteiger partial charge in [0.05, 0.1) is 6.42 Å². The minimum atomic E-state index is -0.112. The fraction of sp³-hybridized carbons (Fsp3) is 0.440. The average Bonchev–Trinajstić information content (AvgIpc) is 2.71. The zero-order valence-electron chi connectivity index (χ0n) is 16.8. The number of hydrogen-bond donors (Lipinski definition) is 0. The smallest absolute Gasteiger partial charge is 0.170 e. The van der Waals surface area contributed by atoms with E-state index in [1.54, 1.807) is 0 Å². The largest absolute Gasteiger partial charge is 0.294 e. The number of Topliss-reactive ketones (excluding diaryl/α,β-unsaturated/α-hetero) is 2. The van der Waals surface area contributed by atoms with Crippen LogP contribution in [0.3, 0.4) is 0 Å². The summed E-state index contributed by atoms with van der Waals surface area (Å²) in [4.78, 5) is 24.7. The first kappa shape index (κ1) is 21.1. The molecule has 0 radical (unpaired) electrons. The highest BCUT2D eigenvalue weighted by Gasteiger charge is 2.13.